The number of carbonyl (C=O) groups is 1. The van der Waals surface area contributed by atoms with Gasteiger partial charge < -0.3 is 9.88 Å². The lowest BCUT2D eigenvalue weighted by Crippen LogP contribution is -2.28. The molecule has 0 saturated heterocycles. The molecule has 0 aliphatic heterocycles. The minimum Gasteiger partial charge on any atom is -0.342 e. The lowest BCUT2D eigenvalue weighted by molar-refractivity contribution is 0.0937. The van der Waals surface area contributed by atoms with Gasteiger partial charge >= 0.3 is 0 Å². The number of amides is 1. The fourth-order valence-corrected chi connectivity index (χ4v) is 3.96. The molecule has 1 aromatic heterocycles. The zero-order valence-corrected chi connectivity index (χ0v) is 17.1. The van der Waals surface area contributed by atoms with Gasteiger partial charge in [0.25, 0.3) is 5.91 Å². The standard InChI is InChI=1S/C21H21ClN4OS/c1-3-13-26-19(15(2)23-20(27)16-9-5-4-6-10-16)24-25-21(26)28-14-17-11-7-8-12-18(17)22/h3-12,15H,1,13-14H2,2H3,(H,23,27). The van der Waals surface area contributed by atoms with Crippen LogP contribution in [0.4, 0.5) is 0 Å². The van der Waals surface area contributed by atoms with Gasteiger partial charge in [0, 0.05) is 22.9 Å². The van der Waals surface area contributed by atoms with Crippen molar-refractivity contribution in [3.8, 4) is 0 Å². The first-order chi connectivity index (χ1) is 13.6. The van der Waals surface area contributed by atoms with Crippen LogP contribution in [0.25, 0.3) is 0 Å². The first kappa shape index (κ1) is 20.2. The van der Waals surface area contributed by atoms with Gasteiger partial charge in [0.2, 0.25) is 0 Å². The molecule has 3 rings (SSSR count). The Bertz CT molecular complexity index is 958. The number of thioether (sulfide) groups is 1. The van der Waals surface area contributed by atoms with E-state index in [1.807, 2.05) is 54.0 Å². The van der Waals surface area contributed by atoms with Crippen LogP contribution in [0.2, 0.25) is 5.02 Å². The Hall–Kier alpha value is -2.57. The van der Waals surface area contributed by atoms with Crippen LogP contribution >= 0.6 is 23.4 Å². The molecule has 0 fully saturated rings. The summed E-state index contributed by atoms with van der Waals surface area (Å²) in [7, 11) is 0. The summed E-state index contributed by atoms with van der Waals surface area (Å²) in [5.41, 5.74) is 1.65. The van der Waals surface area contributed by atoms with E-state index in [1.165, 1.54) is 0 Å². The second kappa shape index (κ2) is 9.57. The highest BCUT2D eigenvalue weighted by Gasteiger charge is 2.20. The first-order valence-electron chi connectivity index (χ1n) is 8.86. The second-order valence-electron chi connectivity index (χ2n) is 6.18. The molecule has 0 spiro atoms. The van der Waals surface area contributed by atoms with Gasteiger partial charge in [-0.15, -0.1) is 16.8 Å². The maximum absolute atomic E-state index is 12.4. The lowest BCUT2D eigenvalue weighted by atomic mass is 10.2. The molecule has 1 amide bonds. The molecule has 0 aliphatic rings. The van der Waals surface area contributed by atoms with Crippen LogP contribution in [0.15, 0.2) is 72.4 Å². The Morgan fingerprint density at radius 3 is 2.64 bits per heavy atom. The average Bonchev–Trinajstić information content (AvgIpc) is 3.11. The number of nitrogens with zero attached hydrogens (tertiary/aromatic N) is 3. The number of allylic oxidation sites excluding steroid dienone is 1. The molecular formula is C21H21ClN4OS. The van der Waals surface area contributed by atoms with E-state index in [4.69, 9.17) is 11.6 Å². The topological polar surface area (TPSA) is 59.8 Å². The molecular weight excluding hydrogens is 392 g/mol. The van der Waals surface area contributed by atoms with Crippen molar-refractivity contribution in [2.24, 2.45) is 0 Å². The number of halogens is 1. The summed E-state index contributed by atoms with van der Waals surface area (Å²) in [5.74, 6) is 1.22. The van der Waals surface area contributed by atoms with Crippen LogP contribution in [0.1, 0.15) is 34.7 Å². The van der Waals surface area contributed by atoms with Gasteiger partial charge in [0.05, 0.1) is 6.04 Å². The summed E-state index contributed by atoms with van der Waals surface area (Å²) in [6.45, 7) is 6.27. The van der Waals surface area contributed by atoms with Gasteiger partial charge in [-0.2, -0.15) is 0 Å². The summed E-state index contributed by atoms with van der Waals surface area (Å²) in [4.78, 5) is 12.4. The normalized spacial score (nSPS) is 11.8. The number of hydrogen-bond acceptors (Lipinski definition) is 4. The van der Waals surface area contributed by atoms with Crippen molar-refractivity contribution in [1.82, 2.24) is 20.1 Å². The molecule has 3 aromatic rings. The summed E-state index contributed by atoms with van der Waals surface area (Å²) < 4.78 is 1.96. The number of nitrogens with one attached hydrogen (secondary N) is 1. The van der Waals surface area contributed by atoms with Crippen LogP contribution in [-0.4, -0.2) is 20.7 Å². The minimum atomic E-state index is -0.296. The zero-order chi connectivity index (χ0) is 19.9. The molecule has 1 unspecified atom stereocenters. The molecule has 1 heterocycles. The predicted octanol–water partition coefficient (Wildman–Crippen LogP) is 4.90. The van der Waals surface area contributed by atoms with Gasteiger partial charge in [-0.25, -0.2) is 0 Å². The number of rotatable bonds is 8. The van der Waals surface area contributed by atoms with Gasteiger partial charge in [0.15, 0.2) is 11.0 Å². The zero-order valence-electron chi connectivity index (χ0n) is 15.5. The van der Waals surface area contributed by atoms with Crippen molar-refractivity contribution < 1.29 is 4.79 Å². The maximum Gasteiger partial charge on any atom is 0.251 e. The molecule has 0 radical (unpaired) electrons. The van der Waals surface area contributed by atoms with Crippen molar-refractivity contribution in [2.75, 3.05) is 0 Å². The average molecular weight is 413 g/mol. The molecule has 0 bridgehead atoms. The molecule has 1 N–H and O–H groups in total. The van der Waals surface area contributed by atoms with Gasteiger partial charge in [-0.05, 0) is 30.7 Å². The fraction of sp³-hybridized carbons (Fsp3) is 0.190. The quantitative estimate of drug-likeness (QED) is 0.422. The van der Waals surface area contributed by atoms with E-state index in [2.05, 4.69) is 22.1 Å². The number of benzene rings is 2. The molecule has 0 aliphatic carbocycles. The van der Waals surface area contributed by atoms with Crippen LogP contribution < -0.4 is 5.32 Å². The first-order valence-corrected chi connectivity index (χ1v) is 10.2. The Kier molecular flexibility index (Phi) is 6.90. The SMILES string of the molecule is C=CCn1c(SCc2ccccc2Cl)nnc1C(C)NC(=O)c1ccccc1. The Balaban J connectivity index is 1.75. The van der Waals surface area contributed by atoms with Gasteiger partial charge in [0.1, 0.15) is 0 Å². The summed E-state index contributed by atoms with van der Waals surface area (Å²) in [6, 6.07) is 16.5. The molecule has 7 heteroatoms. The largest absolute Gasteiger partial charge is 0.342 e. The maximum atomic E-state index is 12.4. The van der Waals surface area contributed by atoms with Crippen molar-refractivity contribution in [3.05, 3.63) is 89.2 Å². The number of aromatic nitrogens is 3. The van der Waals surface area contributed by atoms with Crippen LogP contribution in [0.3, 0.4) is 0 Å². The van der Waals surface area contributed by atoms with E-state index in [0.29, 0.717) is 23.7 Å². The van der Waals surface area contributed by atoms with Gasteiger partial charge in [-0.1, -0.05) is 65.8 Å². The minimum absolute atomic E-state index is 0.147. The van der Waals surface area contributed by atoms with Crippen LogP contribution in [0, 0.1) is 0 Å². The van der Waals surface area contributed by atoms with Gasteiger partial charge in [-0.3, -0.25) is 4.79 Å². The fourth-order valence-electron chi connectivity index (χ4n) is 2.72. The van der Waals surface area contributed by atoms with Crippen molar-refractivity contribution in [3.63, 3.8) is 0 Å². The van der Waals surface area contributed by atoms with Crippen molar-refractivity contribution in [1.29, 1.82) is 0 Å². The Morgan fingerprint density at radius 1 is 1.21 bits per heavy atom. The highest BCUT2D eigenvalue weighted by Crippen LogP contribution is 2.27. The summed E-state index contributed by atoms with van der Waals surface area (Å²) in [5, 5.41) is 13.1. The molecule has 2 aromatic carbocycles. The van der Waals surface area contributed by atoms with E-state index in [-0.39, 0.29) is 11.9 Å². The molecule has 0 saturated carbocycles. The number of hydrogen-bond donors (Lipinski definition) is 1. The highest BCUT2D eigenvalue weighted by atomic mass is 35.5. The van der Waals surface area contributed by atoms with E-state index in [1.54, 1.807) is 30.0 Å². The third-order valence-electron chi connectivity index (χ3n) is 4.14. The molecule has 5 nitrogen and oxygen atoms in total. The third kappa shape index (κ3) is 4.82. The molecule has 1 atom stereocenters. The van der Waals surface area contributed by atoms with Crippen molar-refractivity contribution >= 4 is 29.3 Å². The van der Waals surface area contributed by atoms with Crippen LogP contribution in [0.5, 0.6) is 0 Å². The summed E-state index contributed by atoms with van der Waals surface area (Å²) in [6.07, 6.45) is 1.79. The monoisotopic (exact) mass is 412 g/mol. The lowest BCUT2D eigenvalue weighted by Gasteiger charge is -2.15. The van der Waals surface area contributed by atoms with E-state index in [9.17, 15) is 4.79 Å². The third-order valence-corrected chi connectivity index (χ3v) is 5.53. The van der Waals surface area contributed by atoms with Crippen molar-refractivity contribution in [2.45, 2.75) is 30.4 Å². The summed E-state index contributed by atoms with van der Waals surface area (Å²) >= 11 is 7.79. The molecule has 144 valence electrons. The number of carbonyl (C=O) groups excluding carboxylic acids is 1. The highest BCUT2D eigenvalue weighted by molar-refractivity contribution is 7.98. The smallest absolute Gasteiger partial charge is 0.251 e. The van der Waals surface area contributed by atoms with E-state index >= 15 is 0 Å². The Morgan fingerprint density at radius 2 is 1.93 bits per heavy atom. The molecule has 28 heavy (non-hydrogen) atoms. The Labute approximate surface area is 173 Å². The second-order valence-corrected chi connectivity index (χ2v) is 7.53. The van der Waals surface area contributed by atoms with E-state index < -0.39 is 0 Å². The predicted molar refractivity (Wildman–Crippen MR) is 114 cm³/mol. The van der Waals surface area contributed by atoms with Crippen LogP contribution in [-0.2, 0) is 12.3 Å². The van der Waals surface area contributed by atoms with E-state index in [0.717, 1.165) is 15.7 Å².